The highest BCUT2D eigenvalue weighted by atomic mass is 35.5. The third-order valence-electron chi connectivity index (χ3n) is 2.18. The Morgan fingerprint density at radius 2 is 1.89 bits per heavy atom. The Balaban J connectivity index is 2.72. The van der Waals surface area contributed by atoms with Gasteiger partial charge < -0.3 is 5.32 Å². The van der Waals surface area contributed by atoms with Crippen molar-refractivity contribution < 1.29 is 8.42 Å². The molecule has 0 aliphatic carbocycles. The number of benzene rings is 1. The molecule has 0 saturated carbocycles. The molecular weight excluding hydrogens is 295 g/mol. The summed E-state index contributed by atoms with van der Waals surface area (Å²) in [5, 5.41) is 3.38. The van der Waals surface area contributed by atoms with E-state index in [4.69, 9.17) is 23.2 Å². The lowest BCUT2D eigenvalue weighted by atomic mass is 10.4. The SMILES string of the molecule is CC(C)NCCNS(=O)(=O)c1cccc(Cl)c1Cl. The molecular formula is C11H16Cl2N2O2S. The molecule has 1 aromatic carbocycles. The van der Waals surface area contributed by atoms with E-state index >= 15 is 0 Å². The molecule has 0 spiro atoms. The summed E-state index contributed by atoms with van der Waals surface area (Å²) in [6.07, 6.45) is 0. The van der Waals surface area contributed by atoms with E-state index in [0.29, 0.717) is 19.1 Å². The van der Waals surface area contributed by atoms with Gasteiger partial charge in [-0.25, -0.2) is 13.1 Å². The highest BCUT2D eigenvalue weighted by Crippen LogP contribution is 2.28. The Kier molecular flexibility index (Phi) is 5.88. The van der Waals surface area contributed by atoms with Crippen molar-refractivity contribution in [3.05, 3.63) is 28.2 Å². The molecule has 0 fully saturated rings. The van der Waals surface area contributed by atoms with Crippen molar-refractivity contribution in [1.29, 1.82) is 0 Å². The molecule has 18 heavy (non-hydrogen) atoms. The van der Waals surface area contributed by atoms with E-state index in [2.05, 4.69) is 10.0 Å². The summed E-state index contributed by atoms with van der Waals surface area (Å²) in [6.45, 7) is 4.82. The van der Waals surface area contributed by atoms with Crippen molar-refractivity contribution in [2.24, 2.45) is 0 Å². The second kappa shape index (κ2) is 6.73. The van der Waals surface area contributed by atoms with Gasteiger partial charge in [-0.05, 0) is 12.1 Å². The van der Waals surface area contributed by atoms with E-state index in [1.165, 1.54) is 6.07 Å². The molecule has 1 rings (SSSR count). The van der Waals surface area contributed by atoms with Gasteiger partial charge in [0.05, 0.1) is 10.0 Å². The molecule has 0 saturated heterocycles. The second-order valence-corrected chi connectivity index (χ2v) is 6.58. The number of hydrogen-bond donors (Lipinski definition) is 2. The normalized spacial score (nSPS) is 12.1. The van der Waals surface area contributed by atoms with Crippen LogP contribution in [0.1, 0.15) is 13.8 Å². The molecule has 0 aliphatic rings. The highest BCUT2D eigenvalue weighted by molar-refractivity contribution is 7.89. The number of nitrogens with one attached hydrogen (secondary N) is 2. The molecule has 0 aliphatic heterocycles. The Hall–Kier alpha value is -0.330. The third kappa shape index (κ3) is 4.40. The van der Waals surface area contributed by atoms with Crippen molar-refractivity contribution >= 4 is 33.2 Å². The molecule has 102 valence electrons. The van der Waals surface area contributed by atoms with Gasteiger partial charge in [0.15, 0.2) is 0 Å². The molecule has 0 unspecified atom stereocenters. The van der Waals surface area contributed by atoms with Gasteiger partial charge >= 0.3 is 0 Å². The fourth-order valence-corrected chi connectivity index (χ4v) is 3.11. The predicted molar refractivity (Wildman–Crippen MR) is 74.8 cm³/mol. The standard InChI is InChI=1S/C11H16Cl2N2O2S/c1-8(2)14-6-7-15-18(16,17)10-5-3-4-9(12)11(10)13/h3-5,8,14-15H,6-7H2,1-2H3. The molecule has 0 atom stereocenters. The summed E-state index contributed by atoms with van der Waals surface area (Å²) in [5.74, 6) is 0. The van der Waals surface area contributed by atoms with E-state index < -0.39 is 10.0 Å². The zero-order chi connectivity index (χ0) is 13.8. The van der Waals surface area contributed by atoms with Crippen LogP contribution < -0.4 is 10.0 Å². The molecule has 0 heterocycles. The maximum atomic E-state index is 12.0. The Morgan fingerprint density at radius 3 is 2.50 bits per heavy atom. The molecule has 2 N–H and O–H groups in total. The topological polar surface area (TPSA) is 58.2 Å². The smallest absolute Gasteiger partial charge is 0.242 e. The number of hydrogen-bond acceptors (Lipinski definition) is 3. The van der Waals surface area contributed by atoms with Crippen molar-refractivity contribution in [2.75, 3.05) is 13.1 Å². The van der Waals surface area contributed by atoms with Crippen LogP contribution in [-0.4, -0.2) is 27.5 Å². The van der Waals surface area contributed by atoms with Gasteiger partial charge in [-0.1, -0.05) is 43.1 Å². The number of sulfonamides is 1. The van der Waals surface area contributed by atoms with Crippen LogP contribution in [0.4, 0.5) is 0 Å². The number of halogens is 2. The van der Waals surface area contributed by atoms with Crippen molar-refractivity contribution in [3.8, 4) is 0 Å². The van der Waals surface area contributed by atoms with Crippen LogP contribution in [0.15, 0.2) is 23.1 Å². The number of rotatable bonds is 6. The van der Waals surface area contributed by atoms with Crippen LogP contribution in [0.2, 0.25) is 10.0 Å². The molecule has 0 radical (unpaired) electrons. The summed E-state index contributed by atoms with van der Waals surface area (Å²) < 4.78 is 26.4. The lowest BCUT2D eigenvalue weighted by Gasteiger charge is -2.11. The minimum absolute atomic E-state index is 0.00112. The second-order valence-electron chi connectivity index (χ2n) is 4.06. The summed E-state index contributed by atoms with van der Waals surface area (Å²) in [5.41, 5.74) is 0. The highest BCUT2D eigenvalue weighted by Gasteiger charge is 2.18. The van der Waals surface area contributed by atoms with Crippen molar-refractivity contribution in [1.82, 2.24) is 10.0 Å². The first-order chi connectivity index (χ1) is 8.34. The Bertz CT molecular complexity index is 504. The van der Waals surface area contributed by atoms with E-state index in [1.807, 2.05) is 13.8 Å². The largest absolute Gasteiger partial charge is 0.313 e. The van der Waals surface area contributed by atoms with Gasteiger partial charge in [0.2, 0.25) is 10.0 Å². The van der Waals surface area contributed by atoms with Gasteiger partial charge in [-0.15, -0.1) is 0 Å². The molecule has 1 aromatic rings. The summed E-state index contributed by atoms with van der Waals surface area (Å²) in [6, 6.07) is 4.83. The van der Waals surface area contributed by atoms with Crippen molar-refractivity contribution in [2.45, 2.75) is 24.8 Å². The first-order valence-corrected chi connectivity index (χ1v) is 7.75. The van der Waals surface area contributed by atoms with E-state index in [9.17, 15) is 8.42 Å². The monoisotopic (exact) mass is 310 g/mol. The quantitative estimate of drug-likeness (QED) is 0.792. The van der Waals surface area contributed by atoms with Gasteiger partial charge in [0.25, 0.3) is 0 Å². The molecule has 0 aromatic heterocycles. The average Bonchev–Trinajstić information content (AvgIpc) is 2.28. The first-order valence-electron chi connectivity index (χ1n) is 5.51. The average molecular weight is 311 g/mol. The summed E-state index contributed by atoms with van der Waals surface area (Å²) in [4.78, 5) is 0.00112. The van der Waals surface area contributed by atoms with Gasteiger partial charge in [0.1, 0.15) is 4.90 Å². The Morgan fingerprint density at radius 1 is 1.22 bits per heavy atom. The van der Waals surface area contributed by atoms with Crippen LogP contribution in [0, 0.1) is 0 Å². The van der Waals surface area contributed by atoms with Crippen molar-refractivity contribution in [3.63, 3.8) is 0 Å². The minimum Gasteiger partial charge on any atom is -0.313 e. The van der Waals surface area contributed by atoms with E-state index in [1.54, 1.807) is 12.1 Å². The van der Waals surface area contributed by atoms with Gasteiger partial charge in [0, 0.05) is 19.1 Å². The lowest BCUT2D eigenvalue weighted by Crippen LogP contribution is -2.34. The van der Waals surface area contributed by atoms with E-state index in [0.717, 1.165) is 0 Å². The third-order valence-corrected chi connectivity index (χ3v) is 4.61. The van der Waals surface area contributed by atoms with E-state index in [-0.39, 0.29) is 14.9 Å². The van der Waals surface area contributed by atoms with Gasteiger partial charge in [-0.3, -0.25) is 0 Å². The molecule has 0 amide bonds. The van der Waals surface area contributed by atoms with Gasteiger partial charge in [-0.2, -0.15) is 0 Å². The van der Waals surface area contributed by atoms with Crippen LogP contribution in [0.3, 0.4) is 0 Å². The minimum atomic E-state index is -3.62. The maximum absolute atomic E-state index is 12.0. The van der Waals surface area contributed by atoms with Crippen LogP contribution in [-0.2, 0) is 10.0 Å². The van der Waals surface area contributed by atoms with Crippen LogP contribution in [0.25, 0.3) is 0 Å². The lowest BCUT2D eigenvalue weighted by molar-refractivity contribution is 0.559. The maximum Gasteiger partial charge on any atom is 0.242 e. The Labute approximate surface area is 118 Å². The molecule has 0 bridgehead atoms. The zero-order valence-corrected chi connectivity index (χ0v) is 12.5. The predicted octanol–water partition coefficient (Wildman–Crippen LogP) is 2.27. The molecule has 7 heteroatoms. The zero-order valence-electron chi connectivity index (χ0n) is 10.2. The van der Waals surface area contributed by atoms with Crippen LogP contribution >= 0.6 is 23.2 Å². The molecule has 4 nitrogen and oxygen atoms in total. The fraction of sp³-hybridized carbons (Fsp3) is 0.455. The summed E-state index contributed by atoms with van der Waals surface area (Å²) >= 11 is 11.7. The summed E-state index contributed by atoms with van der Waals surface area (Å²) in [7, 11) is -3.62. The fourth-order valence-electron chi connectivity index (χ4n) is 1.32. The van der Waals surface area contributed by atoms with Crippen LogP contribution in [0.5, 0.6) is 0 Å². The first kappa shape index (κ1) is 15.7.